The Hall–Kier alpha value is -4.87. The van der Waals surface area contributed by atoms with Gasteiger partial charge in [0.05, 0.1) is 18.6 Å². The molecule has 4 rings (SSSR count). The number of carbonyl (C=O) groups excluding carboxylic acids is 1. The zero-order valence-corrected chi connectivity index (χ0v) is 24.4. The lowest BCUT2D eigenvalue weighted by molar-refractivity contribution is 0.0512. The largest absolute Gasteiger partial charge is 0.497 e. The molecule has 4 aromatic rings. The molecule has 0 fully saturated rings. The number of aliphatic hydroxyl groups excluding tert-OH is 2. The third-order valence-corrected chi connectivity index (χ3v) is 7.11. The van der Waals surface area contributed by atoms with E-state index in [1.807, 2.05) is 20.8 Å². The van der Waals surface area contributed by atoms with Crippen molar-refractivity contribution >= 4 is 27.7 Å². The number of aliphatic hydroxyl groups is 2. The summed E-state index contributed by atoms with van der Waals surface area (Å²) in [5, 5.41) is 34.3. The number of rotatable bonds is 12. The molecule has 1 unspecified atom stereocenters. The highest BCUT2D eigenvalue weighted by Crippen LogP contribution is 2.38. The van der Waals surface area contributed by atoms with Gasteiger partial charge >= 0.3 is 0 Å². The summed E-state index contributed by atoms with van der Waals surface area (Å²) in [5.74, 6) is -2.36. The second-order valence-electron chi connectivity index (χ2n) is 10.0. The van der Waals surface area contributed by atoms with E-state index in [0.717, 1.165) is 5.56 Å². The summed E-state index contributed by atoms with van der Waals surface area (Å²) >= 11 is 0. The lowest BCUT2D eigenvalue weighted by Crippen LogP contribution is -2.24. The third-order valence-electron chi connectivity index (χ3n) is 5.75. The number of anilines is 2. The number of aromatic nitrogens is 6. The number of tetrazole rings is 1. The quantitative estimate of drug-likeness (QED) is 0.154. The maximum absolute atomic E-state index is 13.5. The van der Waals surface area contributed by atoms with Crippen LogP contribution in [0.4, 0.5) is 11.8 Å². The van der Waals surface area contributed by atoms with Gasteiger partial charge in [-0.15, -0.1) is 5.10 Å². The fourth-order valence-corrected chi connectivity index (χ4v) is 4.50. The van der Waals surface area contributed by atoms with Crippen molar-refractivity contribution in [2.75, 3.05) is 30.4 Å². The van der Waals surface area contributed by atoms with Gasteiger partial charge in [-0.2, -0.15) is 10.2 Å². The van der Waals surface area contributed by atoms with Crippen LogP contribution in [0.5, 0.6) is 23.1 Å². The van der Waals surface area contributed by atoms with Gasteiger partial charge in [-0.1, -0.05) is 44.1 Å². The molecule has 2 heterocycles. The van der Waals surface area contributed by atoms with Crippen molar-refractivity contribution < 1.29 is 37.6 Å². The van der Waals surface area contributed by atoms with Crippen molar-refractivity contribution in [3.8, 4) is 23.1 Å². The molecule has 0 radical (unpaired) electrons. The number of ether oxygens (including phenoxy) is 3. The van der Waals surface area contributed by atoms with Gasteiger partial charge < -0.3 is 24.4 Å². The van der Waals surface area contributed by atoms with Gasteiger partial charge in [0, 0.05) is 6.07 Å². The van der Waals surface area contributed by atoms with Crippen LogP contribution in [0.15, 0.2) is 53.4 Å². The summed E-state index contributed by atoms with van der Waals surface area (Å²) < 4.78 is 46.2. The summed E-state index contributed by atoms with van der Waals surface area (Å²) in [7, 11) is -2.86. The molecular formula is C26H30N8O8S. The van der Waals surface area contributed by atoms with Gasteiger partial charge in [-0.3, -0.25) is 14.8 Å². The number of nitrogens with zero attached hydrogens (tertiary/aromatic N) is 5. The minimum absolute atomic E-state index is 0.0950. The van der Waals surface area contributed by atoms with E-state index in [0.29, 0.717) is 5.75 Å². The van der Waals surface area contributed by atoms with Crippen LogP contribution in [0, 0.1) is 0 Å². The fourth-order valence-electron chi connectivity index (χ4n) is 3.49. The molecule has 1 amide bonds. The Balaban J connectivity index is 1.82. The van der Waals surface area contributed by atoms with Crippen molar-refractivity contribution in [3.63, 3.8) is 0 Å². The Bertz CT molecular complexity index is 1660. The normalized spacial score (nSPS) is 12.3. The van der Waals surface area contributed by atoms with Crippen molar-refractivity contribution in [2.24, 2.45) is 0 Å². The Labute approximate surface area is 246 Å². The predicted octanol–water partition coefficient (Wildman–Crippen LogP) is 1.87. The van der Waals surface area contributed by atoms with Crippen LogP contribution in [0.3, 0.4) is 0 Å². The second kappa shape index (κ2) is 13.0. The second-order valence-corrected chi connectivity index (χ2v) is 11.7. The maximum Gasteiger partial charge on any atom is 0.296 e. The Kier molecular flexibility index (Phi) is 9.37. The first-order valence-corrected chi connectivity index (χ1v) is 14.2. The molecule has 5 N–H and O–H groups in total. The van der Waals surface area contributed by atoms with E-state index in [-0.39, 0.29) is 27.8 Å². The minimum Gasteiger partial charge on any atom is -0.497 e. The molecular weight excluding hydrogens is 584 g/mol. The Morgan fingerprint density at radius 3 is 2.44 bits per heavy atom. The minimum atomic E-state index is -4.31. The number of aromatic amines is 1. The molecule has 0 bridgehead atoms. The van der Waals surface area contributed by atoms with Crippen molar-refractivity contribution in [3.05, 3.63) is 59.9 Å². The van der Waals surface area contributed by atoms with Crippen LogP contribution >= 0.6 is 0 Å². The highest BCUT2D eigenvalue weighted by Gasteiger charge is 2.27. The van der Waals surface area contributed by atoms with Gasteiger partial charge in [0.15, 0.2) is 5.82 Å². The fraction of sp³-hybridized carbons (Fsp3) is 0.308. The Morgan fingerprint density at radius 1 is 1.09 bits per heavy atom. The highest BCUT2D eigenvalue weighted by atomic mass is 32.2. The zero-order chi connectivity index (χ0) is 31.2. The number of amides is 1. The molecule has 0 saturated heterocycles. The molecule has 16 nitrogen and oxygen atoms in total. The average molecular weight is 615 g/mol. The molecule has 0 spiro atoms. The first kappa shape index (κ1) is 31.1. The summed E-state index contributed by atoms with van der Waals surface area (Å²) in [5.41, 5.74) is 0.695. The number of hydrogen-bond donors (Lipinski definition) is 5. The molecule has 17 heteroatoms. The molecule has 1 atom stereocenters. The molecule has 0 aliphatic carbocycles. The van der Waals surface area contributed by atoms with Crippen LogP contribution in [-0.4, -0.2) is 81.6 Å². The van der Waals surface area contributed by atoms with Crippen molar-refractivity contribution in [1.29, 1.82) is 0 Å². The molecule has 43 heavy (non-hydrogen) atoms. The summed E-state index contributed by atoms with van der Waals surface area (Å²) in [4.78, 5) is 21.1. The van der Waals surface area contributed by atoms with E-state index in [1.54, 1.807) is 30.3 Å². The number of methoxy groups -OCH3 is 1. The van der Waals surface area contributed by atoms with E-state index in [2.05, 4.69) is 40.6 Å². The standard InChI is InChI=1S/C26H30N8O8S/c1-26(2,3)15-8-10-19(11-9-15)43(38,39)32-21-20(42-18-7-5-6-17(12-18)40-4)24(41-14-16(36)13-35)28-22(27-21)23(37)29-25-30-33-34-31-25/h5-12,16,35-36H,13-14H2,1-4H3,(H,27,28,32)(H2,29,30,31,33,34,37). The third kappa shape index (κ3) is 7.91. The highest BCUT2D eigenvalue weighted by molar-refractivity contribution is 7.92. The SMILES string of the molecule is COc1cccc(Oc2c(NS(=O)(=O)c3ccc(C(C)(C)C)cc3)nc(C(=O)Nc3nn[nH]n3)nc2OCC(O)CO)c1. The first-order chi connectivity index (χ1) is 20.4. The predicted molar refractivity (Wildman–Crippen MR) is 152 cm³/mol. The number of carbonyl (C=O) groups is 1. The molecule has 2 aromatic heterocycles. The summed E-state index contributed by atoms with van der Waals surface area (Å²) in [6.07, 6.45) is -1.34. The summed E-state index contributed by atoms with van der Waals surface area (Å²) in [6, 6.07) is 12.6. The first-order valence-electron chi connectivity index (χ1n) is 12.7. The van der Waals surface area contributed by atoms with E-state index in [1.165, 1.54) is 25.3 Å². The molecule has 0 saturated carbocycles. The van der Waals surface area contributed by atoms with Crippen LogP contribution in [0.1, 0.15) is 37.0 Å². The molecule has 228 valence electrons. The van der Waals surface area contributed by atoms with Gasteiger partial charge in [0.25, 0.3) is 27.8 Å². The van der Waals surface area contributed by atoms with Crippen LogP contribution in [-0.2, 0) is 15.4 Å². The van der Waals surface area contributed by atoms with Gasteiger partial charge in [-0.05, 0) is 40.5 Å². The zero-order valence-electron chi connectivity index (χ0n) is 23.6. The number of hydrogen-bond acceptors (Lipinski definition) is 13. The Morgan fingerprint density at radius 2 is 1.81 bits per heavy atom. The maximum atomic E-state index is 13.5. The molecule has 0 aliphatic rings. The van der Waals surface area contributed by atoms with Crippen molar-refractivity contribution in [1.82, 2.24) is 30.6 Å². The van der Waals surface area contributed by atoms with Crippen molar-refractivity contribution in [2.45, 2.75) is 37.2 Å². The van der Waals surface area contributed by atoms with Crippen LogP contribution in [0.2, 0.25) is 0 Å². The lowest BCUT2D eigenvalue weighted by atomic mass is 9.87. The van der Waals surface area contributed by atoms with Crippen LogP contribution < -0.4 is 24.2 Å². The lowest BCUT2D eigenvalue weighted by Gasteiger charge is -2.20. The van der Waals surface area contributed by atoms with Gasteiger partial charge in [0.1, 0.15) is 24.2 Å². The van der Waals surface area contributed by atoms with E-state index in [9.17, 15) is 23.4 Å². The monoisotopic (exact) mass is 614 g/mol. The average Bonchev–Trinajstić information content (AvgIpc) is 3.49. The number of H-pyrrole nitrogens is 1. The number of benzene rings is 2. The topological polar surface area (TPSA) is 224 Å². The number of sulfonamides is 1. The van der Waals surface area contributed by atoms with Crippen LogP contribution in [0.25, 0.3) is 0 Å². The van der Waals surface area contributed by atoms with Gasteiger partial charge in [0.2, 0.25) is 11.6 Å². The van der Waals surface area contributed by atoms with E-state index < -0.39 is 52.8 Å². The smallest absolute Gasteiger partial charge is 0.296 e. The molecule has 0 aliphatic heterocycles. The summed E-state index contributed by atoms with van der Waals surface area (Å²) in [6.45, 7) is 4.84. The van der Waals surface area contributed by atoms with E-state index in [4.69, 9.17) is 14.2 Å². The molecule has 2 aromatic carbocycles. The van der Waals surface area contributed by atoms with Gasteiger partial charge in [-0.25, -0.2) is 13.4 Å². The number of nitrogens with one attached hydrogen (secondary N) is 3. The van der Waals surface area contributed by atoms with E-state index >= 15 is 0 Å².